The van der Waals surface area contributed by atoms with Gasteiger partial charge in [-0.3, -0.25) is 0 Å². The Bertz CT molecular complexity index is 457. The lowest BCUT2D eigenvalue weighted by Gasteiger charge is -2.22. The molecule has 2 nitrogen and oxygen atoms in total. The van der Waals surface area contributed by atoms with Crippen LogP contribution in [0.1, 0.15) is 189 Å². The summed E-state index contributed by atoms with van der Waals surface area (Å²) in [6, 6.07) is 0. The van der Waals surface area contributed by atoms with Crippen molar-refractivity contribution in [3.05, 3.63) is 0 Å². The van der Waals surface area contributed by atoms with Crippen LogP contribution in [0, 0.1) is 5.92 Å². The minimum Gasteiger partial charge on any atom is -0.458 e. The van der Waals surface area contributed by atoms with E-state index in [4.69, 9.17) is 4.74 Å². The molecule has 224 valence electrons. The Labute approximate surface area is 231 Å². The molecule has 37 heavy (non-hydrogen) atoms. The number of carbonyl (C=O) groups is 1. The molecule has 0 aromatic carbocycles. The second-order valence-electron chi connectivity index (χ2n) is 10.9. The zero-order valence-corrected chi connectivity index (χ0v) is 26.0. The van der Waals surface area contributed by atoms with Gasteiger partial charge in [-0.15, -0.1) is 0 Å². The summed E-state index contributed by atoms with van der Waals surface area (Å²) in [5.41, 5.74) is 0. The molecular formula is C33H66F2O2. The molecule has 4 heteroatoms. The summed E-state index contributed by atoms with van der Waals surface area (Å²) < 4.78 is 34.2. The van der Waals surface area contributed by atoms with E-state index >= 15 is 0 Å². The normalized spacial score (nSPS) is 12.4. The van der Waals surface area contributed by atoms with Crippen molar-refractivity contribution in [1.29, 1.82) is 0 Å². The largest absolute Gasteiger partial charge is 0.458 e. The van der Waals surface area contributed by atoms with Gasteiger partial charge in [-0.1, -0.05) is 151 Å². The molecule has 0 heterocycles. The molecule has 1 unspecified atom stereocenters. The van der Waals surface area contributed by atoms with Crippen LogP contribution in [0.3, 0.4) is 0 Å². The van der Waals surface area contributed by atoms with Crippen LogP contribution in [0.25, 0.3) is 0 Å². The first-order valence-corrected chi connectivity index (χ1v) is 16.5. The van der Waals surface area contributed by atoms with Gasteiger partial charge in [0, 0.05) is 6.42 Å². The highest BCUT2D eigenvalue weighted by molar-refractivity contribution is 5.77. The maximum absolute atomic E-state index is 14.4. The van der Waals surface area contributed by atoms with Gasteiger partial charge < -0.3 is 4.74 Å². The van der Waals surface area contributed by atoms with Crippen molar-refractivity contribution in [2.45, 2.75) is 201 Å². The van der Waals surface area contributed by atoms with Gasteiger partial charge in [0.1, 0.15) is 6.10 Å². The predicted octanol–water partition coefficient (Wildman–Crippen LogP) is 12.2. The number of ether oxygens (including phenoxy) is 1. The van der Waals surface area contributed by atoms with E-state index in [1.807, 2.05) is 13.8 Å². The molecule has 0 fully saturated rings. The molecule has 0 saturated heterocycles. The van der Waals surface area contributed by atoms with Crippen LogP contribution in [0.5, 0.6) is 0 Å². The maximum Gasteiger partial charge on any atom is 0.377 e. The van der Waals surface area contributed by atoms with Gasteiger partial charge in [0.2, 0.25) is 0 Å². The van der Waals surface area contributed by atoms with Crippen LogP contribution in [-0.2, 0) is 9.53 Å². The van der Waals surface area contributed by atoms with Crippen LogP contribution in [0.15, 0.2) is 0 Å². The standard InChI is InChI=1S/C31H60F2O2.C2H6/c1-5-9-12-13-14-15-20-23-28(8-4)24-21-16-17-22-27-31(32,33)30(34)35-29(25-18-10-6-2)26-19-11-7-3;1-2/h28-29H,5-27H2,1-4H3;1-2H3. The third kappa shape index (κ3) is 24.1. The number of hydrogen-bond acceptors (Lipinski definition) is 2. The SMILES string of the molecule is CC.CCCCCCCCCC(CC)CCCCCCC(F)(F)C(=O)OC(CCCCC)CCCCC. The van der Waals surface area contributed by atoms with E-state index in [1.165, 1.54) is 64.2 Å². The number of esters is 1. The fraction of sp³-hybridized carbons (Fsp3) is 0.970. The predicted molar refractivity (Wildman–Crippen MR) is 159 cm³/mol. The Kier molecular flexibility index (Phi) is 29.5. The van der Waals surface area contributed by atoms with Gasteiger partial charge in [-0.2, -0.15) is 8.78 Å². The third-order valence-corrected chi connectivity index (χ3v) is 7.48. The van der Waals surface area contributed by atoms with Gasteiger partial charge in [0.25, 0.3) is 0 Å². The highest BCUT2D eigenvalue weighted by Crippen LogP contribution is 2.27. The number of rotatable bonds is 26. The van der Waals surface area contributed by atoms with Crippen LogP contribution in [0.2, 0.25) is 0 Å². The van der Waals surface area contributed by atoms with Gasteiger partial charge in [-0.05, 0) is 38.0 Å². The molecular weight excluding hydrogens is 466 g/mol. The first-order valence-electron chi connectivity index (χ1n) is 16.5. The van der Waals surface area contributed by atoms with Crippen molar-refractivity contribution in [1.82, 2.24) is 0 Å². The first-order chi connectivity index (χ1) is 17.9. The Balaban J connectivity index is 0. The summed E-state index contributed by atoms with van der Waals surface area (Å²) in [5.74, 6) is -3.87. The summed E-state index contributed by atoms with van der Waals surface area (Å²) in [5, 5.41) is 0. The minimum atomic E-state index is -3.35. The van der Waals surface area contributed by atoms with Gasteiger partial charge >= 0.3 is 11.9 Å². The van der Waals surface area contributed by atoms with E-state index in [0.717, 1.165) is 63.7 Å². The van der Waals surface area contributed by atoms with Crippen LogP contribution < -0.4 is 0 Å². The average Bonchev–Trinajstić information content (AvgIpc) is 2.90. The van der Waals surface area contributed by atoms with Crippen molar-refractivity contribution in [2.24, 2.45) is 5.92 Å². The number of alkyl halides is 2. The highest BCUT2D eigenvalue weighted by atomic mass is 19.3. The summed E-state index contributed by atoms with van der Waals surface area (Å²) in [6.45, 7) is 12.8. The second-order valence-corrected chi connectivity index (χ2v) is 10.9. The molecule has 0 aliphatic carbocycles. The van der Waals surface area contributed by atoms with E-state index in [2.05, 4.69) is 27.7 Å². The molecule has 0 radical (unpaired) electrons. The number of halogens is 2. The Hall–Kier alpha value is -0.670. The molecule has 0 bridgehead atoms. The van der Waals surface area contributed by atoms with E-state index in [0.29, 0.717) is 19.3 Å². The molecule has 0 rings (SSSR count). The first kappa shape index (κ1) is 38.5. The number of carbonyl (C=O) groups excluding carboxylic acids is 1. The van der Waals surface area contributed by atoms with Gasteiger partial charge in [0.15, 0.2) is 0 Å². The van der Waals surface area contributed by atoms with Crippen molar-refractivity contribution in [3.63, 3.8) is 0 Å². The molecule has 0 aromatic heterocycles. The lowest BCUT2D eigenvalue weighted by molar-refractivity contribution is -0.179. The molecule has 1 atom stereocenters. The van der Waals surface area contributed by atoms with Gasteiger partial charge in [-0.25, -0.2) is 4.79 Å². The Morgan fingerprint density at radius 3 is 1.43 bits per heavy atom. The summed E-state index contributed by atoms with van der Waals surface area (Å²) in [6.07, 6.45) is 23.3. The Morgan fingerprint density at radius 1 is 0.595 bits per heavy atom. The van der Waals surface area contributed by atoms with E-state index in [-0.39, 0.29) is 12.5 Å². The number of unbranched alkanes of at least 4 members (excludes halogenated alkanes) is 13. The lowest BCUT2D eigenvalue weighted by Crippen LogP contribution is -2.34. The molecule has 0 aliphatic heterocycles. The molecule has 0 saturated carbocycles. The van der Waals surface area contributed by atoms with Crippen molar-refractivity contribution in [3.8, 4) is 0 Å². The topological polar surface area (TPSA) is 26.3 Å². The van der Waals surface area contributed by atoms with E-state index in [9.17, 15) is 13.6 Å². The van der Waals surface area contributed by atoms with E-state index in [1.54, 1.807) is 0 Å². The monoisotopic (exact) mass is 533 g/mol. The molecule has 0 aromatic rings. The lowest BCUT2D eigenvalue weighted by atomic mass is 9.92. The summed E-state index contributed by atoms with van der Waals surface area (Å²) >= 11 is 0. The fourth-order valence-electron chi connectivity index (χ4n) is 4.92. The molecule has 0 amide bonds. The quantitative estimate of drug-likeness (QED) is 0.0817. The summed E-state index contributed by atoms with van der Waals surface area (Å²) in [7, 11) is 0. The van der Waals surface area contributed by atoms with Crippen LogP contribution in [-0.4, -0.2) is 18.0 Å². The van der Waals surface area contributed by atoms with Crippen molar-refractivity contribution in [2.75, 3.05) is 0 Å². The maximum atomic E-state index is 14.4. The van der Waals surface area contributed by atoms with Gasteiger partial charge in [0.05, 0.1) is 0 Å². The summed E-state index contributed by atoms with van der Waals surface area (Å²) in [4.78, 5) is 12.2. The molecule has 0 aliphatic rings. The zero-order valence-electron chi connectivity index (χ0n) is 26.0. The average molecular weight is 533 g/mol. The van der Waals surface area contributed by atoms with Crippen LogP contribution in [0.4, 0.5) is 8.78 Å². The van der Waals surface area contributed by atoms with Crippen molar-refractivity contribution >= 4 is 5.97 Å². The fourth-order valence-corrected chi connectivity index (χ4v) is 4.92. The van der Waals surface area contributed by atoms with Crippen molar-refractivity contribution < 1.29 is 18.3 Å². The Morgan fingerprint density at radius 2 is 0.973 bits per heavy atom. The molecule has 0 N–H and O–H groups in total. The second kappa shape index (κ2) is 28.3. The molecule has 0 spiro atoms. The highest BCUT2D eigenvalue weighted by Gasteiger charge is 2.40. The third-order valence-electron chi connectivity index (χ3n) is 7.48. The van der Waals surface area contributed by atoms with Crippen LogP contribution >= 0.6 is 0 Å². The van der Waals surface area contributed by atoms with E-state index < -0.39 is 11.9 Å². The number of hydrogen-bond donors (Lipinski definition) is 0. The zero-order chi connectivity index (χ0) is 28.2. The smallest absolute Gasteiger partial charge is 0.377 e. The minimum absolute atomic E-state index is 0.353.